The molecule has 0 radical (unpaired) electrons. The molecule has 0 aliphatic carbocycles. The Kier molecular flexibility index (Phi) is 5.72. The fraction of sp³-hybridized carbons (Fsp3) is 0.579. The molecule has 1 aromatic rings. The zero-order valence-corrected chi connectivity index (χ0v) is 16.1. The highest BCUT2D eigenvalue weighted by atomic mass is 16.4. The fourth-order valence-corrected chi connectivity index (χ4v) is 2.60. The smallest absolute Gasteiger partial charge is 0.291 e. The van der Waals surface area contributed by atoms with Crippen LogP contribution in [0.2, 0.25) is 0 Å². The molecule has 2 heterocycles. The maximum atomic E-state index is 12.8. The summed E-state index contributed by atoms with van der Waals surface area (Å²) in [7, 11) is 0. The molecule has 0 saturated heterocycles. The Bertz CT molecular complexity index is 708. The van der Waals surface area contributed by atoms with Gasteiger partial charge in [-0.05, 0) is 52.8 Å². The first-order valence-electron chi connectivity index (χ1n) is 8.73. The lowest BCUT2D eigenvalue weighted by Crippen LogP contribution is -2.38. The third-order valence-electron chi connectivity index (χ3n) is 4.43. The number of aryl methyl sites for hydroxylation is 1. The molecule has 2 rings (SSSR count). The average molecular weight is 347 g/mol. The topological polar surface area (TPSA) is 78.6 Å². The van der Waals surface area contributed by atoms with Crippen LogP contribution in [0.25, 0.3) is 0 Å². The van der Waals surface area contributed by atoms with Gasteiger partial charge in [-0.25, -0.2) is 4.98 Å². The second-order valence-electron chi connectivity index (χ2n) is 7.22. The minimum atomic E-state index is -1.21. The second-order valence-corrected chi connectivity index (χ2v) is 7.22. The van der Waals surface area contributed by atoms with Crippen molar-refractivity contribution in [1.29, 1.82) is 0 Å². The quantitative estimate of drug-likeness (QED) is 0.855. The lowest BCUT2D eigenvalue weighted by atomic mass is 10.1. The summed E-state index contributed by atoms with van der Waals surface area (Å²) in [5, 5.41) is 13.4. The SMILES string of the molecule is CCC(C)=CNC1=C(C)CN(C(=O)c2oc(C(C)(C)O)nc2C)CC1. The molecule has 0 aromatic carbocycles. The minimum Gasteiger partial charge on any atom is -0.432 e. The first-order valence-corrected chi connectivity index (χ1v) is 8.73. The van der Waals surface area contributed by atoms with Crippen LogP contribution in [-0.2, 0) is 5.60 Å². The summed E-state index contributed by atoms with van der Waals surface area (Å²) in [5.74, 6) is 0.197. The van der Waals surface area contributed by atoms with E-state index in [1.807, 2.05) is 13.1 Å². The van der Waals surface area contributed by atoms with Gasteiger partial charge in [0.15, 0.2) is 0 Å². The predicted octanol–water partition coefficient (Wildman–Crippen LogP) is 3.23. The van der Waals surface area contributed by atoms with E-state index in [-0.39, 0.29) is 17.6 Å². The largest absolute Gasteiger partial charge is 0.432 e. The molecule has 0 saturated carbocycles. The van der Waals surface area contributed by atoms with Gasteiger partial charge in [-0.2, -0.15) is 0 Å². The molecule has 1 amide bonds. The van der Waals surface area contributed by atoms with Crippen LogP contribution in [0.3, 0.4) is 0 Å². The number of hydrogen-bond donors (Lipinski definition) is 2. The van der Waals surface area contributed by atoms with E-state index in [4.69, 9.17) is 4.42 Å². The first kappa shape index (κ1) is 19.2. The van der Waals surface area contributed by atoms with Gasteiger partial charge in [0.1, 0.15) is 5.60 Å². The molecule has 6 nitrogen and oxygen atoms in total. The third-order valence-corrected chi connectivity index (χ3v) is 4.43. The van der Waals surface area contributed by atoms with Crippen molar-refractivity contribution in [1.82, 2.24) is 15.2 Å². The summed E-state index contributed by atoms with van der Waals surface area (Å²) >= 11 is 0. The molecule has 0 atom stereocenters. The maximum absolute atomic E-state index is 12.8. The van der Waals surface area contributed by atoms with Crippen molar-refractivity contribution in [3.05, 3.63) is 40.4 Å². The number of allylic oxidation sites excluding steroid dienone is 1. The van der Waals surface area contributed by atoms with E-state index < -0.39 is 5.60 Å². The summed E-state index contributed by atoms with van der Waals surface area (Å²) < 4.78 is 5.56. The molecule has 0 unspecified atom stereocenters. The Hall–Kier alpha value is -2.08. The predicted molar refractivity (Wildman–Crippen MR) is 96.9 cm³/mol. The van der Waals surface area contributed by atoms with E-state index in [2.05, 4.69) is 24.1 Å². The lowest BCUT2D eigenvalue weighted by Gasteiger charge is -2.29. The molecule has 25 heavy (non-hydrogen) atoms. The zero-order chi connectivity index (χ0) is 18.8. The summed E-state index contributed by atoms with van der Waals surface area (Å²) in [6, 6.07) is 0. The van der Waals surface area contributed by atoms with Gasteiger partial charge in [-0.15, -0.1) is 0 Å². The monoisotopic (exact) mass is 347 g/mol. The number of oxazole rings is 1. The van der Waals surface area contributed by atoms with Crippen molar-refractivity contribution in [2.45, 2.75) is 60.0 Å². The van der Waals surface area contributed by atoms with Gasteiger partial charge < -0.3 is 19.7 Å². The van der Waals surface area contributed by atoms with Gasteiger partial charge in [-0.3, -0.25) is 4.79 Å². The van der Waals surface area contributed by atoms with Crippen molar-refractivity contribution in [3.8, 4) is 0 Å². The molecule has 6 heteroatoms. The molecule has 1 aromatic heterocycles. The number of hydrogen-bond acceptors (Lipinski definition) is 5. The second kappa shape index (κ2) is 7.44. The van der Waals surface area contributed by atoms with Crippen LogP contribution in [0, 0.1) is 6.92 Å². The summed E-state index contributed by atoms with van der Waals surface area (Å²) in [5.41, 5.74) is 2.90. The van der Waals surface area contributed by atoms with E-state index in [0.29, 0.717) is 18.8 Å². The van der Waals surface area contributed by atoms with Crippen LogP contribution < -0.4 is 5.32 Å². The molecular formula is C19H29N3O3. The van der Waals surface area contributed by atoms with Gasteiger partial charge >= 0.3 is 0 Å². The maximum Gasteiger partial charge on any atom is 0.291 e. The van der Waals surface area contributed by atoms with Gasteiger partial charge in [0, 0.05) is 25.2 Å². The minimum absolute atomic E-state index is 0.167. The number of nitrogens with one attached hydrogen (secondary N) is 1. The van der Waals surface area contributed by atoms with Crippen molar-refractivity contribution in [2.75, 3.05) is 13.1 Å². The number of amides is 1. The molecule has 138 valence electrons. The third kappa shape index (κ3) is 4.51. The normalized spacial score (nSPS) is 16.4. The van der Waals surface area contributed by atoms with Crippen LogP contribution in [0.5, 0.6) is 0 Å². The average Bonchev–Trinajstić information content (AvgIpc) is 2.94. The Morgan fingerprint density at radius 3 is 2.64 bits per heavy atom. The number of rotatable bonds is 5. The van der Waals surface area contributed by atoms with Crippen molar-refractivity contribution in [3.63, 3.8) is 0 Å². The molecule has 0 spiro atoms. The number of carbonyl (C=O) groups excluding carboxylic acids is 1. The molecular weight excluding hydrogens is 318 g/mol. The molecule has 0 bridgehead atoms. The number of aromatic nitrogens is 1. The van der Waals surface area contributed by atoms with Gasteiger partial charge in [0.05, 0.1) is 5.69 Å². The van der Waals surface area contributed by atoms with Crippen molar-refractivity contribution >= 4 is 5.91 Å². The van der Waals surface area contributed by atoms with E-state index in [9.17, 15) is 9.90 Å². The lowest BCUT2D eigenvalue weighted by molar-refractivity contribution is 0.0451. The van der Waals surface area contributed by atoms with Crippen molar-refractivity contribution < 1.29 is 14.3 Å². The van der Waals surface area contributed by atoms with Gasteiger partial charge in [0.2, 0.25) is 11.7 Å². The highest BCUT2D eigenvalue weighted by molar-refractivity contribution is 5.92. The zero-order valence-electron chi connectivity index (χ0n) is 16.1. The molecule has 2 N–H and O–H groups in total. The molecule has 1 aliphatic rings. The Labute approximate surface area is 149 Å². The van der Waals surface area contributed by atoms with E-state index in [0.717, 1.165) is 18.4 Å². The Morgan fingerprint density at radius 2 is 2.12 bits per heavy atom. The summed E-state index contributed by atoms with van der Waals surface area (Å²) in [4.78, 5) is 18.7. The number of carbonyl (C=O) groups is 1. The standard InChI is InChI=1S/C19H29N3O3/c1-7-12(2)10-20-15-8-9-22(11-13(15)3)17(23)16-14(4)21-18(25-16)19(5,6)24/h10,20,24H,7-9,11H2,1-6H3. The van der Waals surface area contributed by atoms with Crippen LogP contribution in [0.1, 0.15) is 69.6 Å². The van der Waals surface area contributed by atoms with Crippen LogP contribution >= 0.6 is 0 Å². The highest BCUT2D eigenvalue weighted by Gasteiger charge is 2.30. The van der Waals surface area contributed by atoms with E-state index in [1.54, 1.807) is 25.7 Å². The van der Waals surface area contributed by atoms with E-state index >= 15 is 0 Å². The van der Waals surface area contributed by atoms with Crippen LogP contribution in [0.15, 0.2) is 27.5 Å². The van der Waals surface area contributed by atoms with Crippen LogP contribution in [-0.4, -0.2) is 34.0 Å². The molecule has 0 fully saturated rings. The first-order chi connectivity index (χ1) is 11.6. The fourth-order valence-electron chi connectivity index (χ4n) is 2.60. The van der Waals surface area contributed by atoms with Gasteiger partial charge in [0.25, 0.3) is 5.91 Å². The Morgan fingerprint density at radius 1 is 1.44 bits per heavy atom. The van der Waals surface area contributed by atoms with Gasteiger partial charge in [-0.1, -0.05) is 12.5 Å². The van der Waals surface area contributed by atoms with Crippen molar-refractivity contribution in [2.24, 2.45) is 0 Å². The highest BCUT2D eigenvalue weighted by Crippen LogP contribution is 2.24. The number of aliphatic hydroxyl groups is 1. The number of nitrogens with zero attached hydrogens (tertiary/aromatic N) is 2. The summed E-state index contributed by atoms with van der Waals surface area (Å²) in [6.07, 6.45) is 3.82. The van der Waals surface area contributed by atoms with E-state index in [1.165, 1.54) is 11.3 Å². The van der Waals surface area contributed by atoms with Crippen LogP contribution in [0.4, 0.5) is 0 Å². The Balaban J connectivity index is 2.13. The summed E-state index contributed by atoms with van der Waals surface area (Å²) in [6.45, 7) is 12.3. The molecule has 1 aliphatic heterocycles.